The van der Waals surface area contributed by atoms with Gasteiger partial charge in [0.1, 0.15) is 0 Å². The molecule has 0 saturated heterocycles. The molecule has 9 nitrogen and oxygen atoms in total. The first-order valence-electron chi connectivity index (χ1n) is 8.30. The standard InChI is InChI=1S/C19H15N5O4/c1-22-15-5-3-2-4-13(15)17-16(22)10-14(18(20)21-26)19(25)23(17)11-6-8-12(9-7-11)24(27)28/h2-10,26H,1H3,(H2,20,21). The average Bonchev–Trinajstić information content (AvgIpc) is 2.99. The highest BCUT2D eigenvalue weighted by molar-refractivity contribution is 6.09. The highest BCUT2D eigenvalue weighted by atomic mass is 16.6. The second-order valence-corrected chi connectivity index (χ2v) is 6.27. The Morgan fingerprint density at radius 1 is 1.14 bits per heavy atom. The van der Waals surface area contributed by atoms with Gasteiger partial charge in [0.2, 0.25) is 0 Å². The lowest BCUT2D eigenvalue weighted by atomic mass is 10.1. The van der Waals surface area contributed by atoms with Crippen LogP contribution in [0.5, 0.6) is 0 Å². The van der Waals surface area contributed by atoms with Crippen molar-refractivity contribution in [1.82, 2.24) is 9.13 Å². The third-order valence-corrected chi connectivity index (χ3v) is 4.77. The van der Waals surface area contributed by atoms with E-state index in [4.69, 9.17) is 10.9 Å². The minimum absolute atomic E-state index is 0.0271. The number of oxime groups is 1. The number of amidine groups is 1. The van der Waals surface area contributed by atoms with Crippen molar-refractivity contribution >= 4 is 33.5 Å². The molecule has 0 radical (unpaired) electrons. The molecule has 4 aromatic rings. The molecule has 2 aromatic carbocycles. The number of benzene rings is 2. The monoisotopic (exact) mass is 377 g/mol. The molecule has 3 N–H and O–H groups in total. The van der Waals surface area contributed by atoms with Crippen LogP contribution >= 0.6 is 0 Å². The average molecular weight is 377 g/mol. The number of non-ortho nitro benzene ring substituents is 1. The number of nitrogens with two attached hydrogens (primary N) is 1. The van der Waals surface area contributed by atoms with Gasteiger partial charge in [0, 0.05) is 30.3 Å². The van der Waals surface area contributed by atoms with E-state index in [1.54, 1.807) is 6.07 Å². The van der Waals surface area contributed by atoms with Crippen LogP contribution in [0.3, 0.4) is 0 Å². The second-order valence-electron chi connectivity index (χ2n) is 6.27. The molecule has 28 heavy (non-hydrogen) atoms. The predicted octanol–water partition coefficient (Wildman–Crippen LogP) is 2.49. The van der Waals surface area contributed by atoms with Crippen LogP contribution in [0.1, 0.15) is 5.56 Å². The Kier molecular flexibility index (Phi) is 3.85. The zero-order chi connectivity index (χ0) is 20.0. The highest BCUT2D eigenvalue weighted by Gasteiger charge is 2.19. The summed E-state index contributed by atoms with van der Waals surface area (Å²) in [6.45, 7) is 0. The van der Waals surface area contributed by atoms with Crippen molar-refractivity contribution in [3.05, 3.63) is 80.6 Å². The molecule has 0 amide bonds. The van der Waals surface area contributed by atoms with E-state index in [0.717, 1.165) is 10.9 Å². The Bertz CT molecular complexity index is 1330. The summed E-state index contributed by atoms with van der Waals surface area (Å²) in [5.74, 6) is -0.312. The fourth-order valence-electron chi connectivity index (χ4n) is 3.42. The maximum atomic E-state index is 13.2. The molecule has 4 rings (SSSR count). The molecule has 0 bridgehead atoms. The van der Waals surface area contributed by atoms with Gasteiger partial charge in [-0.05, 0) is 24.3 Å². The molecular weight excluding hydrogens is 362 g/mol. The largest absolute Gasteiger partial charge is 0.409 e. The smallest absolute Gasteiger partial charge is 0.269 e. The van der Waals surface area contributed by atoms with Gasteiger partial charge >= 0.3 is 0 Å². The Labute approximate surface area is 157 Å². The maximum absolute atomic E-state index is 13.2. The summed E-state index contributed by atoms with van der Waals surface area (Å²) in [6.07, 6.45) is 0. The molecule has 2 aromatic heterocycles. The van der Waals surface area contributed by atoms with Gasteiger partial charge in [-0.15, -0.1) is 0 Å². The number of nitrogens with zero attached hydrogens (tertiary/aromatic N) is 4. The van der Waals surface area contributed by atoms with Gasteiger partial charge in [0.25, 0.3) is 11.2 Å². The minimum Gasteiger partial charge on any atom is -0.409 e. The van der Waals surface area contributed by atoms with E-state index < -0.39 is 10.5 Å². The van der Waals surface area contributed by atoms with Crippen molar-refractivity contribution in [3.8, 4) is 5.69 Å². The molecule has 0 aliphatic rings. The number of pyridine rings is 1. The van der Waals surface area contributed by atoms with Gasteiger partial charge in [0.05, 0.1) is 27.0 Å². The van der Waals surface area contributed by atoms with Crippen LogP contribution < -0.4 is 11.3 Å². The normalized spacial score (nSPS) is 12.0. The summed E-state index contributed by atoms with van der Waals surface area (Å²) in [7, 11) is 1.85. The van der Waals surface area contributed by atoms with E-state index in [0.29, 0.717) is 16.7 Å². The number of nitro benzene ring substituents is 1. The molecule has 0 fully saturated rings. The van der Waals surface area contributed by atoms with Crippen LogP contribution in [-0.2, 0) is 7.05 Å². The molecule has 0 unspecified atom stereocenters. The number of para-hydroxylation sites is 1. The Hall–Kier alpha value is -4.14. The first-order valence-corrected chi connectivity index (χ1v) is 8.30. The maximum Gasteiger partial charge on any atom is 0.269 e. The quantitative estimate of drug-likeness (QED) is 0.186. The lowest BCUT2D eigenvalue weighted by molar-refractivity contribution is -0.384. The SMILES string of the molecule is Cn1c2ccccc2c2c1cc(C(N)=NO)c(=O)n2-c1ccc([N+](=O)[O-])cc1. The van der Waals surface area contributed by atoms with Crippen molar-refractivity contribution < 1.29 is 10.1 Å². The molecule has 0 aliphatic heterocycles. The first kappa shape index (κ1) is 17.3. The Balaban J connectivity index is 2.19. The van der Waals surface area contributed by atoms with E-state index in [-0.39, 0.29) is 17.1 Å². The highest BCUT2D eigenvalue weighted by Crippen LogP contribution is 2.29. The van der Waals surface area contributed by atoms with E-state index in [2.05, 4.69) is 5.16 Å². The number of fused-ring (bicyclic) bond motifs is 3. The van der Waals surface area contributed by atoms with Gasteiger partial charge in [-0.2, -0.15) is 0 Å². The summed E-state index contributed by atoms with van der Waals surface area (Å²) in [6, 6.07) is 14.8. The van der Waals surface area contributed by atoms with Gasteiger partial charge in [-0.3, -0.25) is 19.5 Å². The third-order valence-electron chi connectivity index (χ3n) is 4.77. The van der Waals surface area contributed by atoms with Gasteiger partial charge in [0.15, 0.2) is 5.84 Å². The minimum atomic E-state index is -0.507. The number of nitro groups is 1. The van der Waals surface area contributed by atoms with E-state index >= 15 is 0 Å². The van der Waals surface area contributed by atoms with Crippen molar-refractivity contribution in [2.75, 3.05) is 0 Å². The topological polar surface area (TPSA) is 129 Å². The van der Waals surface area contributed by atoms with Crippen molar-refractivity contribution in [3.63, 3.8) is 0 Å². The zero-order valence-corrected chi connectivity index (χ0v) is 14.7. The molecule has 0 saturated carbocycles. The molecule has 140 valence electrons. The second kappa shape index (κ2) is 6.23. The van der Waals surface area contributed by atoms with Crippen LogP contribution in [-0.4, -0.2) is 25.1 Å². The summed E-state index contributed by atoms with van der Waals surface area (Å²) < 4.78 is 3.33. The van der Waals surface area contributed by atoms with Crippen LogP contribution in [0.2, 0.25) is 0 Å². The molecule has 0 atom stereocenters. The van der Waals surface area contributed by atoms with Crippen molar-refractivity contribution in [1.29, 1.82) is 0 Å². The zero-order valence-electron chi connectivity index (χ0n) is 14.7. The van der Waals surface area contributed by atoms with Crippen LogP contribution in [0.15, 0.2) is 64.5 Å². The lowest BCUT2D eigenvalue weighted by Gasteiger charge is -2.11. The van der Waals surface area contributed by atoms with E-state index in [9.17, 15) is 14.9 Å². The summed E-state index contributed by atoms with van der Waals surface area (Å²) >= 11 is 0. The molecule has 0 spiro atoms. The molecule has 9 heteroatoms. The molecule has 0 aliphatic carbocycles. The van der Waals surface area contributed by atoms with Crippen LogP contribution in [0, 0.1) is 10.1 Å². The van der Waals surface area contributed by atoms with Crippen molar-refractivity contribution in [2.24, 2.45) is 17.9 Å². The van der Waals surface area contributed by atoms with E-state index in [1.807, 2.05) is 35.9 Å². The Morgan fingerprint density at radius 2 is 1.82 bits per heavy atom. The fourth-order valence-corrected chi connectivity index (χ4v) is 3.42. The number of aryl methyl sites for hydroxylation is 1. The number of hydrogen-bond acceptors (Lipinski definition) is 5. The number of aromatic nitrogens is 2. The first-order chi connectivity index (χ1) is 13.4. The summed E-state index contributed by atoms with van der Waals surface area (Å²) in [4.78, 5) is 23.7. The lowest BCUT2D eigenvalue weighted by Crippen LogP contribution is -2.29. The Morgan fingerprint density at radius 3 is 2.46 bits per heavy atom. The predicted molar refractivity (Wildman–Crippen MR) is 105 cm³/mol. The van der Waals surface area contributed by atoms with Crippen LogP contribution in [0.4, 0.5) is 5.69 Å². The van der Waals surface area contributed by atoms with E-state index in [1.165, 1.54) is 28.8 Å². The van der Waals surface area contributed by atoms with Gasteiger partial charge in [-0.1, -0.05) is 23.4 Å². The van der Waals surface area contributed by atoms with Gasteiger partial charge < -0.3 is 15.5 Å². The summed E-state index contributed by atoms with van der Waals surface area (Å²) in [5.41, 5.74) is 7.83. The van der Waals surface area contributed by atoms with Crippen molar-refractivity contribution in [2.45, 2.75) is 0 Å². The summed E-state index contributed by atoms with van der Waals surface area (Å²) in [5, 5.41) is 23.8. The van der Waals surface area contributed by atoms with Gasteiger partial charge in [-0.25, -0.2) is 0 Å². The third kappa shape index (κ3) is 2.41. The molecule has 2 heterocycles. The van der Waals surface area contributed by atoms with Crippen LogP contribution in [0.25, 0.3) is 27.6 Å². The number of rotatable bonds is 3. The fraction of sp³-hybridized carbons (Fsp3) is 0.0526. The molecular formula is C19H15N5O4. The number of hydrogen-bond donors (Lipinski definition) is 2.